The maximum absolute atomic E-state index is 13.9. The molecule has 3 aromatic rings. The normalized spacial score (nSPS) is 13.2. The van der Waals surface area contributed by atoms with Gasteiger partial charge in [0.2, 0.25) is 35.5 Å². The Kier molecular flexibility index (Phi) is 26.0. The van der Waals surface area contributed by atoms with Crippen molar-refractivity contribution >= 4 is 122 Å². The molecule has 2 aromatic heterocycles. The van der Waals surface area contributed by atoms with Gasteiger partial charge in [-0.2, -0.15) is 4.98 Å². The van der Waals surface area contributed by atoms with Gasteiger partial charge in [-0.05, 0) is 57.4 Å². The van der Waals surface area contributed by atoms with Crippen LogP contribution >= 0.6 is 21.6 Å². The molecule has 0 unspecified atom stereocenters. The quantitative estimate of drug-likeness (QED) is 0.0117. The van der Waals surface area contributed by atoms with Gasteiger partial charge in [0.1, 0.15) is 42.9 Å². The van der Waals surface area contributed by atoms with Crippen LogP contribution in [0.25, 0.3) is 11.2 Å². The van der Waals surface area contributed by atoms with Gasteiger partial charge in [0.15, 0.2) is 17.1 Å². The number of primary amides is 1. The third kappa shape index (κ3) is 23.0. The number of H-pyrrole nitrogens is 1. The van der Waals surface area contributed by atoms with Gasteiger partial charge >= 0.3 is 35.9 Å². The van der Waals surface area contributed by atoms with E-state index in [0.29, 0.717) is 11.4 Å². The number of nitrogens with two attached hydrogens (primary N) is 3. The fourth-order valence-electron chi connectivity index (χ4n) is 6.99. The van der Waals surface area contributed by atoms with Gasteiger partial charge in [-0.15, -0.1) is 0 Å². The Morgan fingerprint density at radius 1 is 0.720 bits per heavy atom. The highest BCUT2D eigenvalue weighted by molar-refractivity contribution is 8.77. The summed E-state index contributed by atoms with van der Waals surface area (Å²) in [4.78, 5) is 179. The van der Waals surface area contributed by atoms with Crippen molar-refractivity contribution in [3.63, 3.8) is 0 Å². The number of carboxylic acid groups (broad SMARTS) is 5. The number of aromatic nitrogens is 4. The van der Waals surface area contributed by atoms with Gasteiger partial charge in [-0.1, -0.05) is 21.6 Å². The molecular weight excluding hydrogens is 1130 g/mol. The monoisotopic (exact) mass is 1190 g/mol. The van der Waals surface area contributed by atoms with Crippen molar-refractivity contribution in [1.82, 2.24) is 57.2 Å². The molecule has 2 heterocycles. The zero-order valence-electron chi connectivity index (χ0n) is 43.5. The number of benzene rings is 1. The predicted molar refractivity (Wildman–Crippen MR) is 287 cm³/mol. The van der Waals surface area contributed by atoms with Gasteiger partial charge in [0.05, 0.1) is 42.4 Å². The number of nitrogens with zero attached hydrogens (tertiary/aromatic N) is 3. The van der Waals surface area contributed by atoms with Gasteiger partial charge in [-0.3, -0.25) is 58.3 Å². The maximum Gasteiger partial charge on any atom is 0.404 e. The van der Waals surface area contributed by atoms with Crippen LogP contribution in [0.4, 0.5) is 16.4 Å². The average molecular weight is 1190 g/mol. The van der Waals surface area contributed by atoms with Crippen LogP contribution in [0, 0.1) is 5.41 Å². The summed E-state index contributed by atoms with van der Waals surface area (Å²) >= 11 is 0. The number of hydrogen-bond donors (Lipinski definition) is 18. The zero-order valence-corrected chi connectivity index (χ0v) is 45.1. The summed E-state index contributed by atoms with van der Waals surface area (Å²) in [5, 5.41) is 74.5. The van der Waals surface area contributed by atoms with E-state index in [1.54, 1.807) is 0 Å². The summed E-state index contributed by atoms with van der Waals surface area (Å²) in [6.45, 7) is 2.59. The Bertz CT molecular complexity index is 2950. The predicted octanol–water partition coefficient (Wildman–Crippen LogP) is -3.68. The number of nitrogen functional groups attached to an aromatic ring is 1. The Balaban J connectivity index is 1.73. The van der Waals surface area contributed by atoms with Crippen molar-refractivity contribution in [2.24, 2.45) is 11.5 Å². The maximum atomic E-state index is 13.9. The molecule has 0 fully saturated rings. The molecule has 21 N–H and O–H groups in total. The number of guanidine groups is 1. The van der Waals surface area contributed by atoms with Crippen molar-refractivity contribution in [2.45, 2.75) is 106 Å². The molecule has 0 aliphatic rings. The number of carbonyl (C=O) groups excluding carboxylic acids is 7. The SMILES string of the molecule is CC(C)(SSCCOC(N)=O)[C@@H](NC(=O)[C@@H](CC(=O)O)NC(=O)[C@@H](CC(=O)O)NC(=O)[C@@H](CCCNC(=N)N)NC(=O)[C@@H](CC(=O)O)NC(=O)CC[C@@H](NC(=O)c1ccc(NCc2cnc3nc(N)[nH]c(=O)c3n2)cc1)C(=O)O)C(=O)O. The number of aliphatic carboxylic acids is 5. The van der Waals surface area contributed by atoms with Gasteiger partial charge < -0.3 is 90.0 Å². The first-order chi connectivity index (χ1) is 38.4. The zero-order chi connectivity index (χ0) is 61.4. The number of fused-ring (bicyclic) bond motifs is 1. The van der Waals surface area contributed by atoms with Crippen LogP contribution in [-0.4, -0.2) is 183 Å². The number of carbonyl (C=O) groups is 12. The number of aromatic amines is 1. The summed E-state index contributed by atoms with van der Waals surface area (Å²) in [7, 11) is 1.95. The highest BCUT2D eigenvalue weighted by atomic mass is 33.1. The number of anilines is 2. The Labute approximate surface area is 470 Å². The van der Waals surface area contributed by atoms with E-state index in [2.05, 4.69) is 61.9 Å². The Morgan fingerprint density at radius 3 is 1.80 bits per heavy atom. The average Bonchev–Trinajstić information content (AvgIpc) is 3.44. The van der Waals surface area contributed by atoms with E-state index < -0.39 is 162 Å². The second kappa shape index (κ2) is 31.9. The van der Waals surface area contributed by atoms with E-state index in [1.807, 2.05) is 5.32 Å². The van der Waals surface area contributed by atoms with Crippen molar-refractivity contribution < 1.29 is 87.8 Å². The molecule has 1 aromatic carbocycles. The molecular formula is C45H60N16O19S2. The van der Waals surface area contributed by atoms with E-state index in [4.69, 9.17) is 22.6 Å². The van der Waals surface area contributed by atoms with Crippen LogP contribution in [0.1, 0.15) is 74.8 Å². The lowest BCUT2D eigenvalue weighted by molar-refractivity contribution is -0.145. The summed E-state index contributed by atoms with van der Waals surface area (Å²) in [6.07, 6.45) is -5.13. The highest BCUT2D eigenvalue weighted by Gasteiger charge is 2.40. The molecule has 35 nitrogen and oxygen atoms in total. The molecule has 0 radical (unpaired) electrons. The van der Waals surface area contributed by atoms with Crippen molar-refractivity contribution in [3.05, 3.63) is 52.1 Å². The summed E-state index contributed by atoms with van der Waals surface area (Å²) in [5.41, 5.74) is 16.0. The molecule has 0 saturated heterocycles. The van der Waals surface area contributed by atoms with Crippen molar-refractivity contribution in [1.29, 1.82) is 5.41 Å². The second-order valence-electron chi connectivity index (χ2n) is 17.9. The van der Waals surface area contributed by atoms with E-state index in [-0.39, 0.29) is 54.5 Å². The summed E-state index contributed by atoms with van der Waals surface area (Å²) in [6, 6.07) is -5.91. The first-order valence-corrected chi connectivity index (χ1v) is 26.4. The highest BCUT2D eigenvalue weighted by Crippen LogP contribution is 2.38. The molecule has 82 heavy (non-hydrogen) atoms. The molecule has 0 spiro atoms. The van der Waals surface area contributed by atoms with Crippen LogP contribution in [0.2, 0.25) is 0 Å². The molecule has 0 bridgehead atoms. The lowest BCUT2D eigenvalue weighted by Crippen LogP contribution is -2.60. The van der Waals surface area contributed by atoms with E-state index in [1.165, 1.54) is 44.3 Å². The first kappa shape index (κ1) is 66.7. The van der Waals surface area contributed by atoms with Crippen LogP contribution in [-0.2, 0) is 59.2 Å². The van der Waals surface area contributed by atoms with Crippen LogP contribution < -0.4 is 65.3 Å². The molecule has 6 atom stereocenters. The number of ether oxygens (including phenoxy) is 1. The molecule has 3 rings (SSSR count). The minimum atomic E-state index is -2.16. The minimum Gasteiger partial charge on any atom is -0.481 e. The Morgan fingerprint density at radius 2 is 1.27 bits per heavy atom. The number of amides is 7. The number of hydrogen-bond acceptors (Lipinski definition) is 22. The second-order valence-corrected chi connectivity index (χ2v) is 20.9. The molecule has 0 aliphatic heterocycles. The number of nitrogens with one attached hydrogen (secondary N) is 10. The molecule has 0 aliphatic carbocycles. The first-order valence-electron chi connectivity index (χ1n) is 24.0. The molecule has 37 heteroatoms. The van der Waals surface area contributed by atoms with Crippen LogP contribution in [0.5, 0.6) is 0 Å². The molecule has 7 amide bonds. The van der Waals surface area contributed by atoms with E-state index >= 15 is 0 Å². The van der Waals surface area contributed by atoms with E-state index in [9.17, 15) is 87.9 Å². The summed E-state index contributed by atoms with van der Waals surface area (Å²) in [5.74, 6) is -16.3. The number of carboxylic acids is 5. The van der Waals surface area contributed by atoms with E-state index in [0.717, 1.165) is 21.6 Å². The molecule has 446 valence electrons. The van der Waals surface area contributed by atoms with Gasteiger partial charge in [-0.25, -0.2) is 24.4 Å². The standard InChI is InChI=1S/C45H60N16O19S2/c1-45(2,82-81-13-12-80-44(49)79)32(41(77)78)59-38(73)26(16-30(67)68)58-37(72)25(15-29(65)66)57-35(70)22(4-3-11-50-42(46)47)55-36(71)24(14-28(63)64)54-27(62)10-9-23(40(75)76)56-34(69)19-5-7-20(8-6-19)51-17-21-18-52-33-31(53-21)39(74)61-43(48)60-33/h5-8,18,22-26,32,51H,3-4,9-17H2,1-2H3,(H2,49,79)(H,54,62)(H,55,71)(H,56,69)(H,57,70)(H,58,72)(H,59,73)(H,63,64)(H,65,66)(H,67,68)(H,75,76)(H,77,78)(H4,46,47,50)(H3,48,52,60,61,74)/t22-,23-,24-,25-,26-,32+/m1/s1. The fourth-order valence-corrected chi connectivity index (χ4v) is 9.44. The van der Waals surface area contributed by atoms with Crippen LogP contribution in [0.3, 0.4) is 0 Å². The van der Waals surface area contributed by atoms with Gasteiger partial charge in [0, 0.05) is 30.0 Å². The third-order valence-corrected chi connectivity index (χ3v) is 14.2. The summed E-state index contributed by atoms with van der Waals surface area (Å²) < 4.78 is 3.24. The van der Waals surface area contributed by atoms with Crippen molar-refractivity contribution in [2.75, 3.05) is 30.0 Å². The third-order valence-electron chi connectivity index (χ3n) is 11.0. The fraction of sp³-hybridized carbons (Fsp3) is 0.444. The van der Waals surface area contributed by atoms with Gasteiger partial charge in [0.25, 0.3) is 11.5 Å². The smallest absolute Gasteiger partial charge is 0.404 e. The van der Waals surface area contributed by atoms with Crippen LogP contribution in [0.15, 0.2) is 35.3 Å². The number of rotatable bonds is 35. The lowest BCUT2D eigenvalue weighted by atomic mass is 10.0. The van der Waals surface area contributed by atoms with Crippen molar-refractivity contribution in [3.8, 4) is 0 Å². The molecule has 0 saturated carbocycles. The topological polar surface area (TPSA) is 585 Å². The largest absolute Gasteiger partial charge is 0.481 e. The Hall–Kier alpha value is -9.55. The minimum absolute atomic E-state index is 0.0132. The lowest BCUT2D eigenvalue weighted by Gasteiger charge is -2.32.